The Hall–Kier alpha value is -2.16. The fraction of sp³-hybridized carbons (Fsp3) is 0.692. The van der Waals surface area contributed by atoms with Crippen LogP contribution in [-0.4, -0.2) is 58.2 Å². The van der Waals surface area contributed by atoms with Gasteiger partial charge in [0.25, 0.3) is 0 Å². The van der Waals surface area contributed by atoms with Gasteiger partial charge in [0.05, 0.1) is 0 Å². The van der Waals surface area contributed by atoms with Gasteiger partial charge in [-0.3, -0.25) is 30.2 Å². The monoisotopic (exact) mass is 317 g/mol. The Morgan fingerprint density at radius 1 is 1.23 bits per heavy atom. The third-order valence-corrected chi connectivity index (χ3v) is 2.87. The van der Waals surface area contributed by atoms with E-state index in [2.05, 4.69) is 4.99 Å². The molecule has 1 amide bonds. The van der Waals surface area contributed by atoms with Crippen LogP contribution in [0, 0.1) is 0 Å². The van der Waals surface area contributed by atoms with Crippen LogP contribution in [-0.2, 0) is 19.1 Å². The van der Waals surface area contributed by atoms with E-state index in [1.807, 2.05) is 5.48 Å². The lowest BCUT2D eigenvalue weighted by atomic mass is 10.1. The molecule has 1 atom stereocenters. The van der Waals surface area contributed by atoms with Crippen molar-refractivity contribution in [2.45, 2.75) is 46.1 Å². The fourth-order valence-corrected chi connectivity index (χ4v) is 1.71. The van der Waals surface area contributed by atoms with Gasteiger partial charge < -0.3 is 9.84 Å². The molecule has 0 aromatic heterocycles. The molecule has 9 heteroatoms. The Bertz CT molecular complexity index is 424. The second kappa shape index (κ2) is 10.6. The zero-order valence-corrected chi connectivity index (χ0v) is 13.0. The Morgan fingerprint density at radius 3 is 2.32 bits per heavy atom. The molecule has 126 valence electrons. The lowest BCUT2D eigenvalue weighted by Crippen LogP contribution is -2.45. The van der Waals surface area contributed by atoms with Gasteiger partial charge in [-0.25, -0.2) is 4.79 Å². The van der Waals surface area contributed by atoms with Crippen molar-refractivity contribution in [3.05, 3.63) is 0 Å². The van der Waals surface area contributed by atoms with Crippen molar-refractivity contribution < 1.29 is 29.4 Å². The first-order chi connectivity index (χ1) is 10.3. The van der Waals surface area contributed by atoms with E-state index in [1.165, 1.54) is 13.8 Å². The molecular formula is C13H23N3O6. The highest BCUT2D eigenvalue weighted by molar-refractivity contribution is 5.82. The van der Waals surface area contributed by atoms with Gasteiger partial charge in [-0.15, -0.1) is 0 Å². The smallest absolute Gasteiger partial charge is 0.326 e. The number of ether oxygens (including phenoxy) is 1. The van der Waals surface area contributed by atoms with Crippen molar-refractivity contribution >= 4 is 23.7 Å². The highest BCUT2D eigenvalue weighted by Gasteiger charge is 2.27. The molecule has 0 rings (SSSR count). The number of nitrogens with one attached hydrogen (secondary N) is 1. The molecule has 0 radical (unpaired) electrons. The van der Waals surface area contributed by atoms with E-state index >= 15 is 0 Å². The highest BCUT2D eigenvalue weighted by atomic mass is 16.5. The Labute approximate surface area is 128 Å². The standard InChI is InChI=1S/C13H23N3O6/c1-9(15-21)14-7-5-4-6-12(13(19)20)16(10(2)17)8-22-11(3)18/h12,21H,4-8H2,1-3H3,(H,14,15)(H,19,20). The number of hydroxylamine groups is 1. The van der Waals surface area contributed by atoms with E-state index in [0.717, 1.165) is 4.90 Å². The molecule has 0 spiro atoms. The van der Waals surface area contributed by atoms with Crippen LogP contribution in [0.2, 0.25) is 0 Å². The Kier molecular flexibility index (Phi) is 9.51. The minimum absolute atomic E-state index is 0.220. The second-order valence-corrected chi connectivity index (χ2v) is 4.68. The summed E-state index contributed by atoms with van der Waals surface area (Å²) in [5.41, 5.74) is 1.90. The van der Waals surface area contributed by atoms with Crippen LogP contribution in [0.3, 0.4) is 0 Å². The maximum absolute atomic E-state index is 11.5. The first kappa shape index (κ1) is 19.8. The Morgan fingerprint density at radius 2 is 1.86 bits per heavy atom. The number of nitrogens with zero attached hydrogens (tertiary/aromatic N) is 2. The molecule has 0 aromatic rings. The molecule has 0 fully saturated rings. The molecule has 3 N–H and O–H groups in total. The molecule has 0 saturated carbocycles. The topological polar surface area (TPSA) is 129 Å². The van der Waals surface area contributed by atoms with Crippen molar-refractivity contribution in [3.8, 4) is 0 Å². The summed E-state index contributed by atoms with van der Waals surface area (Å²) >= 11 is 0. The first-order valence-electron chi connectivity index (χ1n) is 6.84. The number of carboxylic acid groups (broad SMARTS) is 1. The lowest BCUT2D eigenvalue weighted by molar-refractivity contribution is -0.161. The number of amides is 1. The molecule has 0 aromatic carbocycles. The van der Waals surface area contributed by atoms with E-state index in [1.54, 1.807) is 6.92 Å². The molecule has 0 saturated heterocycles. The molecule has 0 aliphatic carbocycles. The maximum atomic E-state index is 11.5. The molecule has 0 aliphatic heterocycles. The van der Waals surface area contributed by atoms with Crippen LogP contribution < -0.4 is 5.48 Å². The number of carbonyl (C=O) groups excluding carboxylic acids is 2. The van der Waals surface area contributed by atoms with Crippen molar-refractivity contribution in [2.24, 2.45) is 4.99 Å². The van der Waals surface area contributed by atoms with Gasteiger partial charge in [0.2, 0.25) is 5.91 Å². The van der Waals surface area contributed by atoms with Gasteiger partial charge in [-0.2, -0.15) is 0 Å². The number of rotatable bonds is 9. The molecular weight excluding hydrogens is 294 g/mol. The fourth-order valence-electron chi connectivity index (χ4n) is 1.71. The zero-order valence-electron chi connectivity index (χ0n) is 13.0. The summed E-state index contributed by atoms with van der Waals surface area (Å²) in [5.74, 6) is -1.85. The normalized spacial score (nSPS) is 12.5. The quantitative estimate of drug-likeness (QED) is 0.140. The predicted octanol–water partition coefficient (Wildman–Crippen LogP) is 0.376. The van der Waals surface area contributed by atoms with Gasteiger partial charge >= 0.3 is 11.9 Å². The minimum Gasteiger partial charge on any atom is -0.480 e. The molecule has 0 bridgehead atoms. The highest BCUT2D eigenvalue weighted by Crippen LogP contribution is 2.11. The zero-order chi connectivity index (χ0) is 17.1. The van der Waals surface area contributed by atoms with Crippen molar-refractivity contribution in [1.29, 1.82) is 0 Å². The van der Waals surface area contributed by atoms with Gasteiger partial charge in [-0.05, 0) is 26.2 Å². The summed E-state index contributed by atoms with van der Waals surface area (Å²) in [5, 5.41) is 17.8. The SMILES string of the molecule is CC(=O)OCN(C(C)=O)C(CCCCN=C(C)NO)C(=O)O. The molecule has 0 aliphatic rings. The first-order valence-corrected chi connectivity index (χ1v) is 6.84. The average molecular weight is 317 g/mol. The minimum atomic E-state index is -1.15. The number of hydrogen-bond acceptors (Lipinski definition) is 6. The van der Waals surface area contributed by atoms with E-state index < -0.39 is 23.9 Å². The summed E-state index contributed by atoms with van der Waals surface area (Å²) in [4.78, 5) is 38.6. The summed E-state index contributed by atoms with van der Waals surface area (Å²) in [6, 6.07) is -1.06. The number of hydrogen-bond donors (Lipinski definition) is 3. The van der Waals surface area contributed by atoms with Crippen LogP contribution >= 0.6 is 0 Å². The van der Waals surface area contributed by atoms with E-state index in [-0.39, 0.29) is 13.2 Å². The van der Waals surface area contributed by atoms with E-state index in [9.17, 15) is 19.5 Å². The predicted molar refractivity (Wildman–Crippen MR) is 77.3 cm³/mol. The van der Waals surface area contributed by atoms with Gasteiger partial charge in [-0.1, -0.05) is 0 Å². The molecule has 22 heavy (non-hydrogen) atoms. The van der Waals surface area contributed by atoms with Gasteiger partial charge in [0.15, 0.2) is 6.73 Å². The van der Waals surface area contributed by atoms with Crippen molar-refractivity contribution in [1.82, 2.24) is 10.4 Å². The summed E-state index contributed by atoms with van der Waals surface area (Å²) < 4.78 is 4.71. The third kappa shape index (κ3) is 8.20. The number of amidine groups is 1. The number of aliphatic carboxylic acids is 1. The van der Waals surface area contributed by atoms with Crippen LogP contribution in [0.5, 0.6) is 0 Å². The van der Waals surface area contributed by atoms with Crippen LogP contribution in [0.25, 0.3) is 0 Å². The largest absolute Gasteiger partial charge is 0.480 e. The summed E-state index contributed by atoms with van der Waals surface area (Å²) in [6.07, 6.45) is 1.34. The number of esters is 1. The van der Waals surface area contributed by atoms with Crippen LogP contribution in [0.15, 0.2) is 4.99 Å². The molecule has 1 unspecified atom stereocenters. The summed E-state index contributed by atoms with van der Waals surface area (Å²) in [7, 11) is 0. The third-order valence-electron chi connectivity index (χ3n) is 2.87. The molecule has 0 heterocycles. The van der Waals surface area contributed by atoms with Gasteiger partial charge in [0.1, 0.15) is 11.9 Å². The maximum Gasteiger partial charge on any atom is 0.326 e. The number of carbonyl (C=O) groups is 3. The van der Waals surface area contributed by atoms with Crippen LogP contribution in [0.4, 0.5) is 0 Å². The lowest BCUT2D eigenvalue weighted by Gasteiger charge is -2.27. The van der Waals surface area contributed by atoms with Crippen LogP contribution in [0.1, 0.15) is 40.0 Å². The second-order valence-electron chi connectivity index (χ2n) is 4.68. The van der Waals surface area contributed by atoms with E-state index in [4.69, 9.17) is 9.94 Å². The van der Waals surface area contributed by atoms with Crippen molar-refractivity contribution in [2.75, 3.05) is 13.3 Å². The number of unbranched alkanes of at least 4 members (excludes halogenated alkanes) is 1. The Balaban J connectivity index is 4.51. The van der Waals surface area contributed by atoms with Gasteiger partial charge in [0, 0.05) is 20.4 Å². The van der Waals surface area contributed by atoms with E-state index in [0.29, 0.717) is 25.2 Å². The number of carboxylic acids is 1. The van der Waals surface area contributed by atoms with Crippen molar-refractivity contribution in [3.63, 3.8) is 0 Å². The summed E-state index contributed by atoms with van der Waals surface area (Å²) in [6.45, 7) is 4.04. The number of aliphatic imine (C=N–C) groups is 1. The average Bonchev–Trinajstić information content (AvgIpc) is 2.43. The molecule has 9 nitrogen and oxygen atoms in total.